The molecule has 0 bridgehead atoms. The molecule has 0 aliphatic carbocycles. The fourth-order valence-electron chi connectivity index (χ4n) is 2.56. The van der Waals surface area contributed by atoms with E-state index in [1.807, 2.05) is 43.3 Å². The number of fused-ring (bicyclic) bond motifs is 1. The molecule has 0 amide bonds. The summed E-state index contributed by atoms with van der Waals surface area (Å²) >= 11 is 6.06. The molecule has 1 aliphatic rings. The molecule has 0 radical (unpaired) electrons. The van der Waals surface area contributed by atoms with Crippen molar-refractivity contribution in [2.45, 2.75) is 5.60 Å². The Labute approximate surface area is 128 Å². The Bertz CT molecular complexity index is 742. The topological polar surface area (TPSA) is 61.8 Å². The van der Waals surface area contributed by atoms with Crippen LogP contribution in [0.1, 0.15) is 11.1 Å². The lowest BCUT2D eigenvalue weighted by Crippen LogP contribution is -2.39. The molecule has 0 fully saturated rings. The number of aliphatic imine (C=N–C) groups is 1. The molecule has 3 rings (SSSR count). The van der Waals surface area contributed by atoms with Crippen molar-refractivity contribution in [1.82, 2.24) is 0 Å². The monoisotopic (exact) mass is 301 g/mol. The number of nitrogens with zero attached hydrogens (tertiary/aromatic N) is 2. The van der Waals surface area contributed by atoms with Gasteiger partial charge in [0, 0.05) is 30.4 Å². The van der Waals surface area contributed by atoms with E-state index >= 15 is 0 Å². The number of hydrogen-bond donors (Lipinski definition) is 2. The first-order valence-electron chi connectivity index (χ1n) is 6.58. The second-order valence-electron chi connectivity index (χ2n) is 5.31. The quantitative estimate of drug-likeness (QED) is 0.896. The number of halogens is 1. The molecule has 1 aliphatic heterocycles. The van der Waals surface area contributed by atoms with Crippen molar-refractivity contribution >= 4 is 28.8 Å². The van der Waals surface area contributed by atoms with Gasteiger partial charge in [-0.1, -0.05) is 23.7 Å². The van der Waals surface area contributed by atoms with Gasteiger partial charge in [-0.15, -0.1) is 0 Å². The second kappa shape index (κ2) is 4.76. The number of amidine groups is 1. The number of aliphatic hydroxyl groups is 1. The molecule has 2 aromatic rings. The largest absolute Gasteiger partial charge is 0.384 e. The zero-order chi connectivity index (χ0) is 15.2. The van der Waals surface area contributed by atoms with Gasteiger partial charge in [-0.25, -0.2) is 4.99 Å². The van der Waals surface area contributed by atoms with Gasteiger partial charge in [-0.2, -0.15) is 0 Å². The summed E-state index contributed by atoms with van der Waals surface area (Å²) in [5.74, 6) is 0.163. The highest BCUT2D eigenvalue weighted by Crippen LogP contribution is 2.43. The van der Waals surface area contributed by atoms with Crippen LogP contribution in [0.4, 0.5) is 11.4 Å². The highest BCUT2D eigenvalue weighted by molar-refractivity contribution is 6.30. The molecule has 0 saturated carbocycles. The Morgan fingerprint density at radius 1 is 1.19 bits per heavy atom. The maximum Gasteiger partial charge on any atom is 0.174 e. The van der Waals surface area contributed by atoms with E-state index in [9.17, 15) is 5.11 Å². The zero-order valence-corrected chi connectivity index (χ0v) is 12.6. The molecule has 1 unspecified atom stereocenters. The van der Waals surface area contributed by atoms with Gasteiger partial charge >= 0.3 is 0 Å². The van der Waals surface area contributed by atoms with E-state index in [1.54, 1.807) is 18.2 Å². The van der Waals surface area contributed by atoms with E-state index < -0.39 is 5.60 Å². The van der Waals surface area contributed by atoms with Crippen LogP contribution in [0.2, 0.25) is 5.02 Å². The van der Waals surface area contributed by atoms with E-state index in [2.05, 4.69) is 4.99 Å². The lowest BCUT2D eigenvalue weighted by molar-refractivity contribution is 0.158. The Kier molecular flexibility index (Phi) is 3.15. The second-order valence-corrected chi connectivity index (χ2v) is 5.75. The first-order valence-corrected chi connectivity index (χ1v) is 6.95. The Morgan fingerprint density at radius 3 is 2.67 bits per heavy atom. The number of nitrogens with two attached hydrogens (primary N) is 1. The third kappa shape index (κ3) is 2.07. The number of rotatable bonds is 2. The van der Waals surface area contributed by atoms with Crippen LogP contribution in [0, 0.1) is 0 Å². The predicted octanol–water partition coefficient (Wildman–Crippen LogP) is 2.64. The maximum atomic E-state index is 11.2. The third-order valence-electron chi connectivity index (χ3n) is 3.74. The van der Waals surface area contributed by atoms with Crippen LogP contribution in [0.15, 0.2) is 47.5 Å². The van der Waals surface area contributed by atoms with Crippen LogP contribution in [0.5, 0.6) is 0 Å². The summed E-state index contributed by atoms with van der Waals surface area (Å²) in [4.78, 5) is 6.24. The lowest BCUT2D eigenvalue weighted by atomic mass is 9.86. The Hall–Kier alpha value is -2.04. The molecule has 0 saturated heterocycles. The van der Waals surface area contributed by atoms with E-state index in [1.165, 1.54) is 0 Å². The van der Waals surface area contributed by atoms with Crippen molar-refractivity contribution in [3.8, 4) is 0 Å². The van der Waals surface area contributed by atoms with E-state index in [0.29, 0.717) is 21.8 Å². The zero-order valence-electron chi connectivity index (χ0n) is 11.8. The number of anilines is 1. The molecule has 4 nitrogen and oxygen atoms in total. The number of benzene rings is 2. The van der Waals surface area contributed by atoms with Gasteiger partial charge in [0.15, 0.2) is 5.60 Å². The van der Waals surface area contributed by atoms with Crippen LogP contribution in [0.25, 0.3) is 0 Å². The molecule has 5 heteroatoms. The van der Waals surface area contributed by atoms with Crippen molar-refractivity contribution < 1.29 is 5.11 Å². The highest BCUT2D eigenvalue weighted by Gasteiger charge is 2.42. The maximum absolute atomic E-state index is 11.2. The fraction of sp³-hybridized carbons (Fsp3) is 0.188. The van der Waals surface area contributed by atoms with Crippen molar-refractivity contribution in [3.05, 3.63) is 58.6 Å². The molecule has 2 aromatic carbocycles. The van der Waals surface area contributed by atoms with Crippen molar-refractivity contribution in [2.75, 3.05) is 19.0 Å². The van der Waals surface area contributed by atoms with Gasteiger partial charge in [0.25, 0.3) is 0 Å². The lowest BCUT2D eigenvalue weighted by Gasteiger charge is -2.26. The van der Waals surface area contributed by atoms with E-state index in [4.69, 9.17) is 17.3 Å². The standard InChI is InChI=1S/C16H16ClN3O/c1-20(2)12-5-3-4-10(8-12)16(21)13-9-11(17)6-7-14(13)19-15(16)18/h3-9,21H,1-2H3,(H2,18,19). The minimum absolute atomic E-state index is 0.163. The van der Waals surface area contributed by atoms with Crippen LogP contribution >= 0.6 is 11.6 Å². The van der Waals surface area contributed by atoms with Crippen molar-refractivity contribution in [1.29, 1.82) is 0 Å². The summed E-state index contributed by atoms with van der Waals surface area (Å²) in [7, 11) is 3.89. The van der Waals surface area contributed by atoms with Crippen LogP contribution in [0.3, 0.4) is 0 Å². The third-order valence-corrected chi connectivity index (χ3v) is 3.98. The van der Waals surface area contributed by atoms with Gasteiger partial charge in [0.1, 0.15) is 5.84 Å². The fourth-order valence-corrected chi connectivity index (χ4v) is 2.73. The average Bonchev–Trinajstić information content (AvgIpc) is 2.72. The minimum Gasteiger partial charge on any atom is -0.384 e. The average molecular weight is 302 g/mol. The van der Waals surface area contributed by atoms with Crippen LogP contribution in [-0.2, 0) is 5.60 Å². The molecule has 108 valence electrons. The first kappa shape index (κ1) is 13.9. The van der Waals surface area contributed by atoms with Crippen molar-refractivity contribution in [3.63, 3.8) is 0 Å². The Balaban J connectivity index is 2.20. The highest BCUT2D eigenvalue weighted by atomic mass is 35.5. The summed E-state index contributed by atoms with van der Waals surface area (Å²) in [5.41, 5.74) is 7.49. The summed E-state index contributed by atoms with van der Waals surface area (Å²) in [6, 6.07) is 12.8. The SMILES string of the molecule is CN(C)c1cccc(C2(O)C(N)=Nc3ccc(Cl)cc32)c1. The molecule has 1 heterocycles. The smallest absolute Gasteiger partial charge is 0.174 e. The molecule has 3 N–H and O–H groups in total. The molecule has 1 atom stereocenters. The van der Waals surface area contributed by atoms with E-state index in [-0.39, 0.29) is 5.84 Å². The van der Waals surface area contributed by atoms with Crippen LogP contribution < -0.4 is 10.6 Å². The summed E-state index contributed by atoms with van der Waals surface area (Å²) < 4.78 is 0. The molecular weight excluding hydrogens is 286 g/mol. The molecule has 0 spiro atoms. The predicted molar refractivity (Wildman–Crippen MR) is 86.5 cm³/mol. The number of hydrogen-bond acceptors (Lipinski definition) is 4. The van der Waals surface area contributed by atoms with Gasteiger partial charge in [0.2, 0.25) is 0 Å². The molecule has 21 heavy (non-hydrogen) atoms. The normalized spacial score (nSPS) is 20.1. The minimum atomic E-state index is -1.44. The summed E-state index contributed by atoms with van der Waals surface area (Å²) in [5, 5.41) is 11.7. The first-order chi connectivity index (χ1) is 9.92. The van der Waals surface area contributed by atoms with Crippen LogP contribution in [-0.4, -0.2) is 25.0 Å². The van der Waals surface area contributed by atoms with Gasteiger partial charge in [0.05, 0.1) is 5.69 Å². The molecular formula is C16H16ClN3O. The summed E-state index contributed by atoms with van der Waals surface area (Å²) in [6.07, 6.45) is 0. The molecule has 0 aromatic heterocycles. The Morgan fingerprint density at radius 2 is 1.95 bits per heavy atom. The summed E-state index contributed by atoms with van der Waals surface area (Å²) in [6.45, 7) is 0. The van der Waals surface area contributed by atoms with Gasteiger partial charge in [-0.05, 0) is 35.9 Å². The van der Waals surface area contributed by atoms with Gasteiger partial charge in [-0.3, -0.25) is 0 Å². The van der Waals surface area contributed by atoms with Gasteiger partial charge < -0.3 is 15.7 Å². The van der Waals surface area contributed by atoms with Crippen molar-refractivity contribution in [2.24, 2.45) is 10.7 Å². The van der Waals surface area contributed by atoms with E-state index in [0.717, 1.165) is 5.69 Å².